The average Bonchev–Trinajstić information content (AvgIpc) is 2.91. The van der Waals surface area contributed by atoms with E-state index in [-0.39, 0.29) is 11.6 Å². The highest BCUT2D eigenvalue weighted by Gasteiger charge is 2.26. The lowest BCUT2D eigenvalue weighted by atomic mass is 10.1. The van der Waals surface area contributed by atoms with E-state index in [1.165, 1.54) is 0 Å². The molecule has 1 N–H and O–H groups in total. The summed E-state index contributed by atoms with van der Waals surface area (Å²) in [5, 5.41) is 4.40. The standard InChI is InChI=1S/C19H26BrClN4O/c1-3-6-15(24-11-5-9-22-10-12-24)18-23-14-8-7-13(20)17(21)16(14)19(26)25(18)4-2/h7-8,15,22H,3-6,9-12H2,1-2H3. The zero-order chi connectivity index (χ0) is 18.7. The van der Waals surface area contributed by atoms with Gasteiger partial charge in [-0.05, 0) is 54.4 Å². The lowest BCUT2D eigenvalue weighted by Gasteiger charge is -2.31. The first-order valence-electron chi connectivity index (χ1n) is 9.41. The van der Waals surface area contributed by atoms with Crippen LogP contribution in [0.2, 0.25) is 5.02 Å². The molecule has 0 radical (unpaired) electrons. The van der Waals surface area contributed by atoms with Gasteiger partial charge in [0.1, 0.15) is 5.82 Å². The van der Waals surface area contributed by atoms with Crippen LogP contribution in [0.1, 0.15) is 45.0 Å². The molecule has 2 aromatic rings. The van der Waals surface area contributed by atoms with E-state index >= 15 is 0 Å². The molecule has 0 amide bonds. The van der Waals surface area contributed by atoms with Crippen LogP contribution in [0.4, 0.5) is 0 Å². The molecule has 1 atom stereocenters. The van der Waals surface area contributed by atoms with E-state index in [1.807, 2.05) is 19.1 Å². The van der Waals surface area contributed by atoms with Crippen molar-refractivity contribution in [1.82, 2.24) is 19.8 Å². The minimum atomic E-state index is -0.0483. The van der Waals surface area contributed by atoms with E-state index in [2.05, 4.69) is 33.1 Å². The van der Waals surface area contributed by atoms with Gasteiger partial charge in [0.15, 0.2) is 0 Å². The molecule has 1 aliphatic rings. The number of nitrogens with zero attached hydrogens (tertiary/aromatic N) is 3. The summed E-state index contributed by atoms with van der Waals surface area (Å²) in [5.74, 6) is 0.868. The summed E-state index contributed by atoms with van der Waals surface area (Å²) in [5.41, 5.74) is 0.629. The molecule has 1 unspecified atom stereocenters. The third-order valence-corrected chi connectivity index (χ3v) is 6.32. The first-order chi connectivity index (χ1) is 12.6. The zero-order valence-electron chi connectivity index (χ0n) is 15.4. The van der Waals surface area contributed by atoms with Crippen molar-refractivity contribution < 1.29 is 0 Å². The van der Waals surface area contributed by atoms with E-state index < -0.39 is 0 Å². The second-order valence-electron chi connectivity index (χ2n) is 6.72. The van der Waals surface area contributed by atoms with Gasteiger partial charge in [0, 0.05) is 30.7 Å². The number of nitrogens with one attached hydrogen (secondary N) is 1. The third kappa shape index (κ3) is 3.84. The third-order valence-electron chi connectivity index (χ3n) is 5.04. The van der Waals surface area contributed by atoms with Crippen LogP contribution >= 0.6 is 27.5 Å². The summed E-state index contributed by atoms with van der Waals surface area (Å²) >= 11 is 9.82. The van der Waals surface area contributed by atoms with Crippen molar-refractivity contribution >= 4 is 38.4 Å². The van der Waals surface area contributed by atoms with Crippen LogP contribution in [0.5, 0.6) is 0 Å². The monoisotopic (exact) mass is 440 g/mol. The maximum absolute atomic E-state index is 13.2. The van der Waals surface area contributed by atoms with Crippen molar-refractivity contribution in [3.63, 3.8) is 0 Å². The molecule has 1 saturated heterocycles. The number of rotatable bonds is 5. The molecule has 26 heavy (non-hydrogen) atoms. The molecule has 142 valence electrons. The second-order valence-corrected chi connectivity index (χ2v) is 7.95. The Labute approximate surface area is 167 Å². The van der Waals surface area contributed by atoms with Crippen LogP contribution in [-0.4, -0.2) is 40.6 Å². The van der Waals surface area contributed by atoms with E-state index in [0.717, 1.165) is 55.7 Å². The number of halogens is 2. The summed E-state index contributed by atoms with van der Waals surface area (Å²) in [7, 11) is 0. The van der Waals surface area contributed by atoms with Gasteiger partial charge in [-0.2, -0.15) is 0 Å². The summed E-state index contributed by atoms with van der Waals surface area (Å²) in [4.78, 5) is 20.6. The van der Waals surface area contributed by atoms with Gasteiger partial charge in [-0.15, -0.1) is 0 Å². The molecule has 0 aliphatic carbocycles. The largest absolute Gasteiger partial charge is 0.315 e. The Morgan fingerprint density at radius 2 is 2.12 bits per heavy atom. The molecule has 5 nitrogen and oxygen atoms in total. The van der Waals surface area contributed by atoms with E-state index in [1.54, 1.807) is 4.57 Å². The number of hydrogen-bond donors (Lipinski definition) is 1. The Morgan fingerprint density at radius 3 is 2.85 bits per heavy atom. The Balaban J connectivity index is 2.17. The highest BCUT2D eigenvalue weighted by Crippen LogP contribution is 2.31. The molecule has 2 heterocycles. The predicted molar refractivity (Wildman–Crippen MR) is 111 cm³/mol. The minimum absolute atomic E-state index is 0.0483. The van der Waals surface area contributed by atoms with Crippen molar-refractivity contribution in [2.24, 2.45) is 0 Å². The number of fused-ring (bicyclic) bond motifs is 1. The fourth-order valence-corrected chi connectivity index (χ4v) is 4.32. The fraction of sp³-hybridized carbons (Fsp3) is 0.579. The topological polar surface area (TPSA) is 50.2 Å². The molecule has 0 bridgehead atoms. The quantitative estimate of drug-likeness (QED) is 0.763. The van der Waals surface area contributed by atoms with Crippen LogP contribution in [-0.2, 0) is 6.54 Å². The molecule has 7 heteroatoms. The van der Waals surface area contributed by atoms with Crippen LogP contribution in [0.15, 0.2) is 21.4 Å². The Kier molecular flexibility index (Phi) is 6.72. The maximum Gasteiger partial charge on any atom is 0.262 e. The number of hydrogen-bond acceptors (Lipinski definition) is 4. The van der Waals surface area contributed by atoms with Gasteiger partial charge < -0.3 is 5.32 Å². The highest BCUT2D eigenvalue weighted by atomic mass is 79.9. The van der Waals surface area contributed by atoms with Gasteiger partial charge in [0.2, 0.25) is 0 Å². The molecular formula is C19H26BrClN4O. The normalized spacial score (nSPS) is 17.4. The van der Waals surface area contributed by atoms with E-state index in [4.69, 9.17) is 16.6 Å². The Hall–Kier alpha value is -0.950. The van der Waals surface area contributed by atoms with Crippen LogP contribution < -0.4 is 10.9 Å². The van der Waals surface area contributed by atoms with Crippen LogP contribution in [0, 0.1) is 0 Å². The molecule has 3 rings (SSSR count). The second kappa shape index (κ2) is 8.83. The van der Waals surface area contributed by atoms with Crippen molar-refractivity contribution in [3.05, 3.63) is 37.8 Å². The van der Waals surface area contributed by atoms with Crippen molar-refractivity contribution in [3.8, 4) is 0 Å². The van der Waals surface area contributed by atoms with Gasteiger partial charge >= 0.3 is 0 Å². The Bertz CT molecular complexity index is 830. The van der Waals surface area contributed by atoms with Crippen molar-refractivity contribution in [2.75, 3.05) is 26.2 Å². The summed E-state index contributed by atoms with van der Waals surface area (Å²) in [6.07, 6.45) is 3.15. The number of benzene rings is 1. The zero-order valence-corrected chi connectivity index (χ0v) is 17.7. The van der Waals surface area contributed by atoms with Crippen molar-refractivity contribution in [2.45, 2.75) is 45.7 Å². The molecular weight excluding hydrogens is 416 g/mol. The van der Waals surface area contributed by atoms with E-state index in [0.29, 0.717) is 22.5 Å². The summed E-state index contributed by atoms with van der Waals surface area (Å²) < 4.78 is 2.53. The molecule has 0 spiro atoms. The van der Waals surface area contributed by atoms with Gasteiger partial charge in [0.05, 0.1) is 22.0 Å². The number of aromatic nitrogens is 2. The van der Waals surface area contributed by atoms with Crippen LogP contribution in [0.3, 0.4) is 0 Å². The van der Waals surface area contributed by atoms with Crippen molar-refractivity contribution in [1.29, 1.82) is 0 Å². The first-order valence-corrected chi connectivity index (χ1v) is 10.6. The predicted octanol–water partition coefficient (Wildman–Crippen LogP) is 3.97. The molecule has 1 aromatic heterocycles. The van der Waals surface area contributed by atoms with Gasteiger partial charge in [-0.25, -0.2) is 4.98 Å². The molecule has 1 aliphatic heterocycles. The first kappa shape index (κ1) is 19.8. The van der Waals surface area contributed by atoms with Gasteiger partial charge in [-0.3, -0.25) is 14.3 Å². The molecule has 0 saturated carbocycles. The molecule has 1 fully saturated rings. The maximum atomic E-state index is 13.2. The summed E-state index contributed by atoms with van der Waals surface area (Å²) in [6, 6.07) is 3.89. The lowest BCUT2D eigenvalue weighted by molar-refractivity contribution is 0.185. The van der Waals surface area contributed by atoms with Gasteiger partial charge in [0.25, 0.3) is 5.56 Å². The smallest absolute Gasteiger partial charge is 0.262 e. The van der Waals surface area contributed by atoms with Gasteiger partial charge in [-0.1, -0.05) is 24.9 Å². The van der Waals surface area contributed by atoms with Crippen LogP contribution in [0.25, 0.3) is 10.9 Å². The van der Waals surface area contributed by atoms with E-state index in [9.17, 15) is 4.79 Å². The fourth-order valence-electron chi connectivity index (χ4n) is 3.75. The Morgan fingerprint density at radius 1 is 1.31 bits per heavy atom. The summed E-state index contributed by atoms with van der Waals surface area (Å²) in [6.45, 7) is 8.80. The SMILES string of the molecule is CCCC(c1nc2ccc(Br)c(Cl)c2c(=O)n1CC)N1CCCNCC1. The highest BCUT2D eigenvalue weighted by molar-refractivity contribution is 9.10. The lowest BCUT2D eigenvalue weighted by Crippen LogP contribution is -2.37. The minimum Gasteiger partial charge on any atom is -0.315 e. The average molecular weight is 442 g/mol. The molecule has 1 aromatic carbocycles.